The van der Waals surface area contributed by atoms with Crippen molar-refractivity contribution in [2.75, 3.05) is 6.54 Å². The molecule has 1 unspecified atom stereocenters. The Labute approximate surface area is 125 Å². The first kappa shape index (κ1) is 15.6. The van der Waals surface area contributed by atoms with Crippen molar-refractivity contribution in [1.82, 2.24) is 10.3 Å². The van der Waals surface area contributed by atoms with Crippen molar-refractivity contribution in [2.24, 2.45) is 5.41 Å². The second kappa shape index (κ2) is 5.53. The molecule has 1 aromatic carbocycles. The molecule has 3 N–H and O–H groups in total. The molecule has 0 fully saturated rings. The number of aliphatic hydroxyl groups is 1. The number of rotatable bonds is 3. The fraction of sp³-hybridized carbons (Fsp3) is 0.471. The van der Waals surface area contributed by atoms with Crippen molar-refractivity contribution in [3.8, 4) is 0 Å². The predicted molar refractivity (Wildman–Crippen MR) is 85.6 cm³/mol. The highest BCUT2D eigenvalue weighted by Crippen LogP contribution is 2.22. The molecule has 4 nitrogen and oxygen atoms in total. The first-order valence-corrected chi connectivity index (χ1v) is 7.25. The molecule has 0 aliphatic rings. The van der Waals surface area contributed by atoms with Gasteiger partial charge in [-0.05, 0) is 43.0 Å². The maximum Gasteiger partial charge on any atom is 0.251 e. The summed E-state index contributed by atoms with van der Waals surface area (Å²) in [6.45, 7) is 10.2. The highest BCUT2D eigenvalue weighted by Gasteiger charge is 2.22. The van der Waals surface area contributed by atoms with Gasteiger partial charge in [-0.25, -0.2) is 0 Å². The van der Waals surface area contributed by atoms with Gasteiger partial charge in [0.25, 0.3) is 5.91 Å². The smallest absolute Gasteiger partial charge is 0.251 e. The number of amides is 1. The molecular weight excluding hydrogens is 264 g/mol. The van der Waals surface area contributed by atoms with Gasteiger partial charge in [-0.1, -0.05) is 20.8 Å². The van der Waals surface area contributed by atoms with Gasteiger partial charge in [0.15, 0.2) is 0 Å². The quantitative estimate of drug-likeness (QED) is 0.813. The first-order valence-electron chi connectivity index (χ1n) is 7.25. The second-order valence-electron chi connectivity index (χ2n) is 6.73. The number of aryl methyl sites for hydroxylation is 2. The number of aromatic amines is 1. The topological polar surface area (TPSA) is 65.1 Å². The highest BCUT2D eigenvalue weighted by molar-refractivity contribution is 5.99. The molecule has 1 heterocycles. The van der Waals surface area contributed by atoms with E-state index in [9.17, 15) is 9.90 Å². The van der Waals surface area contributed by atoms with Gasteiger partial charge >= 0.3 is 0 Å². The zero-order valence-electron chi connectivity index (χ0n) is 13.4. The number of carbonyl (C=O) groups excluding carboxylic acids is 1. The number of benzene rings is 1. The zero-order chi connectivity index (χ0) is 15.8. The van der Waals surface area contributed by atoms with Gasteiger partial charge in [-0.3, -0.25) is 4.79 Å². The van der Waals surface area contributed by atoms with Gasteiger partial charge in [-0.15, -0.1) is 0 Å². The molecule has 2 rings (SSSR count). The first-order chi connectivity index (χ1) is 9.70. The Balaban J connectivity index is 2.15. The highest BCUT2D eigenvalue weighted by atomic mass is 16.3. The maximum absolute atomic E-state index is 12.2. The van der Waals surface area contributed by atoms with E-state index >= 15 is 0 Å². The summed E-state index contributed by atoms with van der Waals surface area (Å²) in [4.78, 5) is 15.5. The summed E-state index contributed by atoms with van der Waals surface area (Å²) >= 11 is 0. The standard InChI is InChI=1S/C17H24N2O2/c1-10-11(2)19-14-7-6-12(8-13(10)14)16(21)18-9-15(20)17(3,4)5/h6-8,15,19-20H,9H2,1-5H3,(H,18,21). The van der Waals surface area contributed by atoms with Crippen LogP contribution in [0.4, 0.5) is 0 Å². The normalized spacial score (nSPS) is 13.4. The van der Waals surface area contributed by atoms with Crippen molar-refractivity contribution in [3.63, 3.8) is 0 Å². The number of nitrogens with one attached hydrogen (secondary N) is 2. The van der Waals surface area contributed by atoms with Crippen LogP contribution in [-0.2, 0) is 0 Å². The van der Waals surface area contributed by atoms with Crippen LogP contribution in [0.1, 0.15) is 42.4 Å². The molecule has 0 aliphatic heterocycles. The molecule has 114 valence electrons. The van der Waals surface area contributed by atoms with Crippen molar-refractivity contribution in [1.29, 1.82) is 0 Å². The number of hydrogen-bond acceptors (Lipinski definition) is 2. The van der Waals surface area contributed by atoms with E-state index in [1.54, 1.807) is 6.07 Å². The third-order valence-corrected chi connectivity index (χ3v) is 4.03. The van der Waals surface area contributed by atoms with Crippen molar-refractivity contribution >= 4 is 16.8 Å². The van der Waals surface area contributed by atoms with Crippen molar-refractivity contribution in [3.05, 3.63) is 35.0 Å². The number of hydrogen-bond donors (Lipinski definition) is 3. The van der Waals surface area contributed by atoms with Gasteiger partial charge in [0.05, 0.1) is 6.10 Å². The van der Waals surface area contributed by atoms with Crippen LogP contribution >= 0.6 is 0 Å². The summed E-state index contributed by atoms with van der Waals surface area (Å²) in [5.74, 6) is -0.154. The van der Waals surface area contributed by atoms with Gasteiger partial charge in [0.2, 0.25) is 0 Å². The summed E-state index contributed by atoms with van der Waals surface area (Å²) in [7, 11) is 0. The van der Waals surface area contributed by atoms with E-state index in [-0.39, 0.29) is 17.9 Å². The summed E-state index contributed by atoms with van der Waals surface area (Å²) < 4.78 is 0. The molecule has 1 aromatic heterocycles. The van der Waals surface area contributed by atoms with E-state index in [2.05, 4.69) is 10.3 Å². The van der Waals surface area contributed by atoms with E-state index in [4.69, 9.17) is 0 Å². The van der Waals surface area contributed by atoms with Crippen LogP contribution in [0, 0.1) is 19.3 Å². The molecule has 4 heteroatoms. The predicted octanol–water partition coefficient (Wildman–Crippen LogP) is 2.92. The lowest BCUT2D eigenvalue weighted by Gasteiger charge is -2.25. The Morgan fingerprint density at radius 1 is 1.33 bits per heavy atom. The molecule has 21 heavy (non-hydrogen) atoms. The fourth-order valence-corrected chi connectivity index (χ4v) is 2.20. The van der Waals surface area contributed by atoms with Gasteiger partial charge in [-0.2, -0.15) is 0 Å². The van der Waals surface area contributed by atoms with Crippen molar-refractivity contribution < 1.29 is 9.90 Å². The third kappa shape index (κ3) is 3.27. The van der Waals surface area contributed by atoms with Crippen LogP contribution in [0.5, 0.6) is 0 Å². The molecule has 0 saturated carbocycles. The lowest BCUT2D eigenvalue weighted by atomic mass is 9.89. The molecule has 1 amide bonds. The van der Waals surface area contributed by atoms with Crippen LogP contribution < -0.4 is 5.32 Å². The Kier molecular flexibility index (Phi) is 4.10. The van der Waals surface area contributed by atoms with Crippen LogP contribution in [-0.4, -0.2) is 28.6 Å². The minimum absolute atomic E-state index is 0.154. The largest absolute Gasteiger partial charge is 0.391 e. The van der Waals surface area contributed by atoms with E-state index in [0.717, 1.165) is 22.2 Å². The zero-order valence-corrected chi connectivity index (χ0v) is 13.4. The van der Waals surface area contributed by atoms with Gasteiger partial charge in [0.1, 0.15) is 0 Å². The molecule has 0 radical (unpaired) electrons. The molecule has 0 aliphatic carbocycles. The Bertz CT molecular complexity index is 665. The molecule has 0 saturated heterocycles. The van der Waals surface area contributed by atoms with Gasteiger partial charge in [0, 0.05) is 28.7 Å². The Morgan fingerprint density at radius 2 is 2.00 bits per heavy atom. The van der Waals surface area contributed by atoms with Gasteiger partial charge < -0.3 is 15.4 Å². The van der Waals surface area contributed by atoms with E-state index in [0.29, 0.717) is 5.56 Å². The summed E-state index contributed by atoms with van der Waals surface area (Å²) in [5, 5.41) is 13.8. The molecular formula is C17H24N2O2. The number of aliphatic hydroxyl groups excluding tert-OH is 1. The number of carbonyl (C=O) groups is 1. The molecule has 1 atom stereocenters. The van der Waals surface area contributed by atoms with Crippen LogP contribution in [0.3, 0.4) is 0 Å². The Hall–Kier alpha value is -1.81. The molecule has 0 spiro atoms. The minimum Gasteiger partial charge on any atom is -0.391 e. The lowest BCUT2D eigenvalue weighted by molar-refractivity contribution is 0.0587. The number of H-pyrrole nitrogens is 1. The van der Waals surface area contributed by atoms with Crippen molar-refractivity contribution in [2.45, 2.75) is 40.7 Å². The summed E-state index contributed by atoms with van der Waals surface area (Å²) in [5.41, 5.74) is 3.69. The molecule has 2 aromatic rings. The van der Waals surface area contributed by atoms with Crippen LogP contribution in [0.15, 0.2) is 18.2 Å². The molecule has 0 bridgehead atoms. The lowest BCUT2D eigenvalue weighted by Crippen LogP contribution is -2.39. The van der Waals surface area contributed by atoms with E-state index in [1.807, 2.05) is 46.8 Å². The Morgan fingerprint density at radius 3 is 2.62 bits per heavy atom. The van der Waals surface area contributed by atoms with E-state index in [1.165, 1.54) is 0 Å². The fourth-order valence-electron chi connectivity index (χ4n) is 2.20. The number of fused-ring (bicyclic) bond motifs is 1. The van der Waals surface area contributed by atoms with Crippen LogP contribution in [0.25, 0.3) is 10.9 Å². The average molecular weight is 288 g/mol. The SMILES string of the molecule is Cc1[nH]c2ccc(C(=O)NCC(O)C(C)(C)C)cc2c1C. The average Bonchev–Trinajstić information content (AvgIpc) is 2.69. The third-order valence-electron chi connectivity index (χ3n) is 4.03. The summed E-state index contributed by atoms with van der Waals surface area (Å²) in [6, 6.07) is 5.62. The second-order valence-corrected chi connectivity index (χ2v) is 6.73. The van der Waals surface area contributed by atoms with Crippen LogP contribution in [0.2, 0.25) is 0 Å². The monoisotopic (exact) mass is 288 g/mol. The summed E-state index contributed by atoms with van der Waals surface area (Å²) in [6.07, 6.45) is -0.568. The number of aromatic nitrogens is 1. The maximum atomic E-state index is 12.2. The minimum atomic E-state index is -0.568. The van der Waals surface area contributed by atoms with E-state index < -0.39 is 6.10 Å².